The van der Waals surface area contributed by atoms with Crippen LogP contribution in [0.2, 0.25) is 5.02 Å². The Morgan fingerprint density at radius 1 is 1.00 bits per heavy atom. The summed E-state index contributed by atoms with van der Waals surface area (Å²) in [4.78, 5) is 12.0. The highest BCUT2D eigenvalue weighted by molar-refractivity contribution is 7.89. The number of amides is 1. The number of hydrogen-bond acceptors (Lipinski definition) is 4. The van der Waals surface area contributed by atoms with Gasteiger partial charge < -0.3 is 9.73 Å². The lowest BCUT2D eigenvalue weighted by Gasteiger charge is -2.10. The predicted octanol–water partition coefficient (Wildman–Crippen LogP) is 4.69. The van der Waals surface area contributed by atoms with E-state index in [1.165, 1.54) is 22.9 Å². The SMILES string of the molecule is O=C(Nc1ccc(S(=O)(=O)NCC(F)(F)F)cc1)c1ccc(-c2ccccc2Cl)o1. The predicted molar refractivity (Wildman–Crippen MR) is 105 cm³/mol. The Balaban J connectivity index is 1.69. The van der Waals surface area contributed by atoms with Crippen molar-refractivity contribution in [3.8, 4) is 11.3 Å². The second kappa shape index (κ2) is 8.50. The third-order valence-corrected chi connectivity index (χ3v) is 5.60. The summed E-state index contributed by atoms with van der Waals surface area (Å²) in [7, 11) is -4.34. The highest BCUT2D eigenvalue weighted by atomic mass is 35.5. The summed E-state index contributed by atoms with van der Waals surface area (Å²) in [5, 5.41) is 2.97. The lowest BCUT2D eigenvalue weighted by molar-refractivity contribution is -0.121. The molecule has 0 aliphatic rings. The maximum Gasteiger partial charge on any atom is 0.402 e. The average molecular weight is 459 g/mol. The minimum atomic E-state index is -4.67. The minimum Gasteiger partial charge on any atom is -0.451 e. The fourth-order valence-corrected chi connectivity index (χ4v) is 3.68. The van der Waals surface area contributed by atoms with Gasteiger partial charge in [-0.05, 0) is 48.5 Å². The average Bonchev–Trinajstić information content (AvgIpc) is 3.17. The van der Waals surface area contributed by atoms with Crippen molar-refractivity contribution in [2.24, 2.45) is 0 Å². The van der Waals surface area contributed by atoms with Crippen LogP contribution in [0.5, 0.6) is 0 Å². The van der Waals surface area contributed by atoms with Gasteiger partial charge in [-0.15, -0.1) is 0 Å². The van der Waals surface area contributed by atoms with Crippen molar-refractivity contribution >= 4 is 33.2 Å². The van der Waals surface area contributed by atoms with E-state index in [0.29, 0.717) is 16.3 Å². The fraction of sp³-hybridized carbons (Fsp3) is 0.105. The van der Waals surface area contributed by atoms with E-state index in [1.54, 1.807) is 30.3 Å². The van der Waals surface area contributed by atoms with Gasteiger partial charge in [0.05, 0.1) is 9.92 Å². The highest BCUT2D eigenvalue weighted by Gasteiger charge is 2.30. The Hall–Kier alpha value is -2.82. The molecule has 11 heteroatoms. The van der Waals surface area contributed by atoms with Crippen LogP contribution in [-0.2, 0) is 10.0 Å². The largest absolute Gasteiger partial charge is 0.451 e. The molecule has 2 aromatic carbocycles. The summed E-state index contributed by atoms with van der Waals surface area (Å²) in [6, 6.07) is 14.6. The van der Waals surface area contributed by atoms with Gasteiger partial charge in [-0.1, -0.05) is 23.7 Å². The summed E-state index contributed by atoms with van der Waals surface area (Å²) >= 11 is 6.10. The minimum absolute atomic E-state index is 0.00605. The molecule has 0 aliphatic carbocycles. The maximum atomic E-state index is 12.3. The zero-order chi connectivity index (χ0) is 21.9. The number of benzene rings is 2. The van der Waals surface area contributed by atoms with E-state index in [2.05, 4.69) is 5.32 Å². The van der Waals surface area contributed by atoms with Crippen molar-refractivity contribution in [2.75, 3.05) is 11.9 Å². The molecule has 0 atom stereocenters. The molecule has 1 amide bonds. The molecule has 6 nitrogen and oxygen atoms in total. The Kier molecular flexibility index (Phi) is 6.20. The highest BCUT2D eigenvalue weighted by Crippen LogP contribution is 2.29. The van der Waals surface area contributed by atoms with Crippen LogP contribution >= 0.6 is 11.6 Å². The van der Waals surface area contributed by atoms with Crippen LogP contribution in [0, 0.1) is 0 Å². The number of carbonyl (C=O) groups is 1. The Bertz CT molecular complexity index is 1160. The third-order valence-electron chi connectivity index (χ3n) is 3.85. The monoisotopic (exact) mass is 458 g/mol. The number of alkyl halides is 3. The second-order valence-electron chi connectivity index (χ2n) is 6.06. The molecule has 158 valence electrons. The molecule has 0 aliphatic heterocycles. The third kappa shape index (κ3) is 5.41. The normalized spacial score (nSPS) is 12.0. The summed E-state index contributed by atoms with van der Waals surface area (Å²) in [5.41, 5.74) is 0.838. The summed E-state index contributed by atoms with van der Waals surface area (Å²) in [6.45, 7) is -1.68. The molecule has 0 spiro atoms. The van der Waals surface area contributed by atoms with Crippen LogP contribution in [0.4, 0.5) is 18.9 Å². The first-order valence-corrected chi connectivity index (χ1v) is 10.2. The number of furan rings is 1. The van der Waals surface area contributed by atoms with E-state index >= 15 is 0 Å². The number of hydrogen-bond donors (Lipinski definition) is 2. The first kappa shape index (κ1) is 21.9. The number of sulfonamides is 1. The van der Waals surface area contributed by atoms with Gasteiger partial charge in [-0.2, -0.15) is 13.2 Å². The van der Waals surface area contributed by atoms with E-state index in [9.17, 15) is 26.4 Å². The number of carbonyl (C=O) groups excluding carboxylic acids is 1. The van der Waals surface area contributed by atoms with Crippen molar-refractivity contribution in [1.29, 1.82) is 0 Å². The quantitative estimate of drug-likeness (QED) is 0.560. The summed E-state index contributed by atoms with van der Waals surface area (Å²) in [5.74, 6) is -0.213. The molecule has 0 saturated heterocycles. The van der Waals surface area contributed by atoms with Gasteiger partial charge in [0.2, 0.25) is 10.0 Å². The number of halogens is 4. The van der Waals surface area contributed by atoms with Gasteiger partial charge in [0, 0.05) is 11.3 Å². The molecule has 1 aromatic heterocycles. The van der Waals surface area contributed by atoms with Crippen molar-refractivity contribution in [2.45, 2.75) is 11.1 Å². The van der Waals surface area contributed by atoms with Crippen LogP contribution in [-0.4, -0.2) is 27.0 Å². The molecule has 30 heavy (non-hydrogen) atoms. The lowest BCUT2D eigenvalue weighted by atomic mass is 10.2. The maximum absolute atomic E-state index is 12.3. The number of nitrogens with one attached hydrogen (secondary N) is 2. The van der Waals surface area contributed by atoms with E-state index < -0.39 is 28.7 Å². The Labute approximate surface area is 174 Å². The second-order valence-corrected chi connectivity index (χ2v) is 8.24. The van der Waals surface area contributed by atoms with Crippen molar-refractivity contribution in [1.82, 2.24) is 4.72 Å². The van der Waals surface area contributed by atoms with E-state index in [4.69, 9.17) is 16.0 Å². The molecular weight excluding hydrogens is 445 g/mol. The molecule has 0 fully saturated rings. The van der Waals surface area contributed by atoms with Crippen LogP contribution in [0.15, 0.2) is 70.0 Å². The van der Waals surface area contributed by atoms with Crippen LogP contribution in [0.25, 0.3) is 11.3 Å². The van der Waals surface area contributed by atoms with E-state index in [0.717, 1.165) is 12.1 Å². The summed E-state index contributed by atoms with van der Waals surface area (Å²) < 4.78 is 67.4. The summed E-state index contributed by atoms with van der Waals surface area (Å²) in [6.07, 6.45) is -4.67. The number of anilines is 1. The molecule has 1 heterocycles. The van der Waals surface area contributed by atoms with Gasteiger partial charge in [0.25, 0.3) is 5.91 Å². The molecule has 3 aromatic rings. The standard InChI is InChI=1S/C19H14ClF3N2O4S/c20-15-4-2-1-3-14(15)16-9-10-17(29-16)18(26)25-12-5-7-13(8-6-12)30(27,28)24-11-19(21,22)23/h1-10,24H,11H2,(H,25,26). The van der Waals surface area contributed by atoms with Crippen LogP contribution in [0.1, 0.15) is 10.6 Å². The topological polar surface area (TPSA) is 88.4 Å². The molecule has 0 unspecified atom stereocenters. The molecule has 2 N–H and O–H groups in total. The Morgan fingerprint density at radius 2 is 1.67 bits per heavy atom. The first-order valence-electron chi connectivity index (χ1n) is 8.38. The molecule has 3 rings (SSSR count). The Morgan fingerprint density at radius 3 is 2.30 bits per heavy atom. The van der Waals surface area contributed by atoms with Crippen molar-refractivity contribution in [3.05, 3.63) is 71.4 Å². The molecule has 0 bridgehead atoms. The smallest absolute Gasteiger partial charge is 0.402 e. The van der Waals surface area contributed by atoms with Gasteiger partial charge in [0.15, 0.2) is 5.76 Å². The van der Waals surface area contributed by atoms with Crippen LogP contribution in [0.3, 0.4) is 0 Å². The van der Waals surface area contributed by atoms with Crippen LogP contribution < -0.4 is 10.0 Å². The van der Waals surface area contributed by atoms with Gasteiger partial charge in [-0.3, -0.25) is 4.79 Å². The van der Waals surface area contributed by atoms with Crippen molar-refractivity contribution < 1.29 is 30.8 Å². The lowest BCUT2D eigenvalue weighted by Crippen LogP contribution is -2.33. The van der Waals surface area contributed by atoms with E-state index in [1.807, 2.05) is 0 Å². The first-order chi connectivity index (χ1) is 14.0. The van der Waals surface area contributed by atoms with Gasteiger partial charge in [0.1, 0.15) is 12.3 Å². The van der Waals surface area contributed by atoms with Gasteiger partial charge >= 0.3 is 6.18 Å². The zero-order valence-electron chi connectivity index (χ0n) is 15.0. The van der Waals surface area contributed by atoms with Crippen molar-refractivity contribution in [3.63, 3.8) is 0 Å². The fourth-order valence-electron chi connectivity index (χ4n) is 2.44. The molecular formula is C19H14ClF3N2O4S. The number of rotatable bonds is 6. The van der Waals surface area contributed by atoms with Gasteiger partial charge in [-0.25, -0.2) is 13.1 Å². The van der Waals surface area contributed by atoms with E-state index in [-0.39, 0.29) is 16.3 Å². The molecule has 0 saturated carbocycles. The molecule has 0 radical (unpaired) electrons. The zero-order valence-corrected chi connectivity index (χ0v) is 16.6.